The first-order valence-corrected chi connectivity index (χ1v) is 9.65. The lowest BCUT2D eigenvalue weighted by Gasteiger charge is -2.17. The van der Waals surface area contributed by atoms with Gasteiger partial charge < -0.3 is 10.1 Å². The van der Waals surface area contributed by atoms with Gasteiger partial charge in [-0.05, 0) is 30.2 Å². The number of ether oxygens (including phenoxy) is 1. The molecule has 25 heavy (non-hydrogen) atoms. The second-order valence-electron chi connectivity index (χ2n) is 5.38. The van der Waals surface area contributed by atoms with Crippen molar-refractivity contribution in [1.82, 2.24) is 5.32 Å². The first-order chi connectivity index (χ1) is 12.1. The zero-order valence-electron chi connectivity index (χ0n) is 14.0. The summed E-state index contributed by atoms with van der Waals surface area (Å²) in [5.74, 6) is 0.941. The van der Waals surface area contributed by atoms with Gasteiger partial charge in [-0.15, -0.1) is 0 Å². The maximum atomic E-state index is 13.6. The molecule has 0 saturated heterocycles. The van der Waals surface area contributed by atoms with Gasteiger partial charge in [0.25, 0.3) is 5.91 Å². The fourth-order valence-corrected chi connectivity index (χ4v) is 3.32. The van der Waals surface area contributed by atoms with Crippen molar-refractivity contribution < 1.29 is 13.9 Å². The van der Waals surface area contributed by atoms with E-state index in [1.165, 1.54) is 12.1 Å². The molecule has 0 bridgehead atoms. The predicted molar refractivity (Wildman–Crippen MR) is 102 cm³/mol. The maximum absolute atomic E-state index is 13.6. The summed E-state index contributed by atoms with van der Waals surface area (Å²) in [6.45, 7) is 2.35. The standard InChI is InChI=1S/C19H21ClFNO2S/c1-2-17(24-18-10-6-5-9-16(18)21)19(23)22-11-12-25-13-14-7-3-4-8-15(14)20/h3-10,17H,2,11-13H2,1H3,(H,22,23)/t17-/m1/s1. The quantitative estimate of drug-likeness (QED) is 0.640. The van der Waals surface area contributed by atoms with Crippen molar-refractivity contribution in [2.24, 2.45) is 0 Å². The number of carbonyl (C=O) groups is 1. The molecular weight excluding hydrogens is 361 g/mol. The van der Waals surface area contributed by atoms with Crippen LogP contribution in [0.3, 0.4) is 0 Å². The number of hydrogen-bond acceptors (Lipinski definition) is 3. The number of rotatable bonds is 9. The number of halogens is 2. The monoisotopic (exact) mass is 381 g/mol. The van der Waals surface area contributed by atoms with E-state index < -0.39 is 11.9 Å². The van der Waals surface area contributed by atoms with Crippen LogP contribution in [0.15, 0.2) is 48.5 Å². The first kappa shape index (κ1) is 19.6. The molecule has 134 valence electrons. The van der Waals surface area contributed by atoms with Gasteiger partial charge in [0.05, 0.1) is 0 Å². The van der Waals surface area contributed by atoms with Crippen molar-refractivity contribution in [2.45, 2.75) is 25.2 Å². The highest BCUT2D eigenvalue weighted by Gasteiger charge is 2.19. The molecule has 1 atom stereocenters. The van der Waals surface area contributed by atoms with Gasteiger partial charge >= 0.3 is 0 Å². The summed E-state index contributed by atoms with van der Waals surface area (Å²) in [5, 5.41) is 3.59. The highest BCUT2D eigenvalue weighted by molar-refractivity contribution is 7.98. The topological polar surface area (TPSA) is 38.3 Å². The molecule has 1 N–H and O–H groups in total. The third-order valence-electron chi connectivity index (χ3n) is 3.53. The van der Waals surface area contributed by atoms with Crippen LogP contribution in [0, 0.1) is 5.82 Å². The lowest BCUT2D eigenvalue weighted by Crippen LogP contribution is -2.39. The Balaban J connectivity index is 1.73. The van der Waals surface area contributed by atoms with Crippen molar-refractivity contribution in [3.8, 4) is 5.75 Å². The molecule has 1 amide bonds. The molecule has 0 unspecified atom stereocenters. The fourth-order valence-electron chi connectivity index (χ4n) is 2.17. The van der Waals surface area contributed by atoms with Crippen LogP contribution >= 0.6 is 23.4 Å². The van der Waals surface area contributed by atoms with Crippen molar-refractivity contribution in [3.05, 3.63) is 64.9 Å². The Labute approximate surface area is 156 Å². The van der Waals surface area contributed by atoms with Crippen LogP contribution in [0.25, 0.3) is 0 Å². The van der Waals surface area contributed by atoms with Crippen LogP contribution in [0.5, 0.6) is 5.75 Å². The maximum Gasteiger partial charge on any atom is 0.261 e. The molecule has 0 aliphatic rings. The van der Waals surface area contributed by atoms with E-state index in [1.807, 2.05) is 31.2 Å². The van der Waals surface area contributed by atoms with Gasteiger partial charge in [0.15, 0.2) is 17.7 Å². The van der Waals surface area contributed by atoms with Gasteiger partial charge in [-0.25, -0.2) is 4.39 Å². The summed E-state index contributed by atoms with van der Waals surface area (Å²) in [6.07, 6.45) is -0.238. The van der Waals surface area contributed by atoms with Gasteiger partial charge in [0, 0.05) is 23.1 Å². The molecule has 2 aromatic carbocycles. The molecule has 3 nitrogen and oxygen atoms in total. The Morgan fingerprint density at radius 2 is 1.96 bits per heavy atom. The number of thioether (sulfide) groups is 1. The zero-order valence-corrected chi connectivity index (χ0v) is 15.6. The first-order valence-electron chi connectivity index (χ1n) is 8.12. The number of benzene rings is 2. The van der Waals surface area contributed by atoms with Gasteiger partial charge in [-0.2, -0.15) is 11.8 Å². The number of hydrogen-bond donors (Lipinski definition) is 1. The molecular formula is C19H21ClFNO2S. The number of para-hydroxylation sites is 1. The number of amides is 1. The summed E-state index contributed by atoms with van der Waals surface area (Å²) in [4.78, 5) is 12.2. The highest BCUT2D eigenvalue weighted by Crippen LogP contribution is 2.20. The zero-order chi connectivity index (χ0) is 18.1. The van der Waals surface area contributed by atoms with Crippen LogP contribution in [0.2, 0.25) is 5.02 Å². The fraction of sp³-hybridized carbons (Fsp3) is 0.316. The second kappa shape index (κ2) is 10.3. The van der Waals surface area contributed by atoms with Crippen LogP contribution < -0.4 is 10.1 Å². The third kappa shape index (κ3) is 6.25. The Morgan fingerprint density at radius 1 is 1.24 bits per heavy atom. The SMILES string of the molecule is CC[C@@H](Oc1ccccc1F)C(=O)NCCSCc1ccccc1Cl. The van der Waals surface area contributed by atoms with E-state index in [2.05, 4.69) is 5.32 Å². The van der Waals surface area contributed by atoms with Crippen molar-refractivity contribution in [3.63, 3.8) is 0 Å². The molecule has 2 aromatic rings. The molecule has 0 saturated carbocycles. The lowest BCUT2D eigenvalue weighted by atomic mass is 10.2. The van der Waals surface area contributed by atoms with Crippen LogP contribution in [0.4, 0.5) is 4.39 Å². The molecule has 0 fully saturated rings. The van der Waals surface area contributed by atoms with Crippen molar-refractivity contribution >= 4 is 29.3 Å². The molecule has 0 aliphatic carbocycles. The molecule has 0 aromatic heterocycles. The minimum Gasteiger partial charge on any atom is -0.478 e. The molecule has 0 radical (unpaired) electrons. The molecule has 2 rings (SSSR count). The average Bonchev–Trinajstić information content (AvgIpc) is 2.62. The van der Waals surface area contributed by atoms with Crippen LogP contribution in [-0.4, -0.2) is 24.3 Å². The van der Waals surface area contributed by atoms with E-state index in [0.29, 0.717) is 13.0 Å². The van der Waals surface area contributed by atoms with Crippen LogP contribution in [0.1, 0.15) is 18.9 Å². The van der Waals surface area contributed by atoms with E-state index in [4.69, 9.17) is 16.3 Å². The van der Waals surface area contributed by atoms with E-state index >= 15 is 0 Å². The highest BCUT2D eigenvalue weighted by atomic mass is 35.5. The summed E-state index contributed by atoms with van der Waals surface area (Å²) in [6, 6.07) is 13.8. The Morgan fingerprint density at radius 3 is 2.68 bits per heavy atom. The molecule has 0 spiro atoms. The van der Waals surface area contributed by atoms with Gasteiger partial charge in [-0.1, -0.05) is 48.9 Å². The number of carbonyl (C=O) groups excluding carboxylic acids is 1. The van der Waals surface area contributed by atoms with E-state index in [-0.39, 0.29) is 11.7 Å². The van der Waals surface area contributed by atoms with Crippen LogP contribution in [-0.2, 0) is 10.5 Å². The Kier molecular flexibility index (Phi) is 8.09. The van der Waals surface area contributed by atoms with Crippen molar-refractivity contribution in [2.75, 3.05) is 12.3 Å². The van der Waals surface area contributed by atoms with Gasteiger partial charge in [0.2, 0.25) is 0 Å². The van der Waals surface area contributed by atoms with Crippen molar-refractivity contribution in [1.29, 1.82) is 0 Å². The van der Waals surface area contributed by atoms with Gasteiger partial charge in [0.1, 0.15) is 0 Å². The Bertz CT molecular complexity index is 699. The normalized spacial score (nSPS) is 11.8. The predicted octanol–water partition coefficient (Wildman–Crippen LogP) is 4.69. The molecule has 0 aliphatic heterocycles. The minimum absolute atomic E-state index is 0.0950. The molecule has 6 heteroatoms. The minimum atomic E-state index is -0.703. The number of nitrogens with one attached hydrogen (secondary N) is 1. The summed E-state index contributed by atoms with van der Waals surface area (Å²) >= 11 is 7.80. The third-order valence-corrected chi connectivity index (χ3v) is 4.91. The van der Waals surface area contributed by atoms with E-state index in [1.54, 1.807) is 23.9 Å². The lowest BCUT2D eigenvalue weighted by molar-refractivity contribution is -0.128. The summed E-state index contributed by atoms with van der Waals surface area (Å²) in [7, 11) is 0. The second-order valence-corrected chi connectivity index (χ2v) is 6.89. The average molecular weight is 382 g/mol. The summed E-state index contributed by atoms with van der Waals surface area (Å²) in [5.41, 5.74) is 1.08. The van der Waals surface area contributed by atoms with E-state index in [9.17, 15) is 9.18 Å². The van der Waals surface area contributed by atoms with E-state index in [0.717, 1.165) is 22.1 Å². The largest absolute Gasteiger partial charge is 0.478 e. The smallest absolute Gasteiger partial charge is 0.261 e. The Hall–Kier alpha value is -1.72. The van der Waals surface area contributed by atoms with Gasteiger partial charge in [-0.3, -0.25) is 4.79 Å². The molecule has 0 heterocycles. The summed E-state index contributed by atoms with van der Waals surface area (Å²) < 4.78 is 19.1.